The molecule has 10 nitrogen and oxygen atoms in total. The molecule has 2 atom stereocenters. The molecule has 1 aliphatic rings. The van der Waals surface area contributed by atoms with Crippen LogP contribution in [0.5, 0.6) is 0 Å². The number of ketones is 1. The normalized spacial score (nSPS) is 17.6. The number of hydrogen-bond donors (Lipinski definition) is 4. The Kier molecular flexibility index (Phi) is 6.90. The molecule has 0 saturated carbocycles. The third kappa shape index (κ3) is 4.92. The average Bonchev–Trinajstić information content (AvgIpc) is 3.34. The number of halogens is 1. The molecule has 1 aliphatic heterocycles. The number of aliphatic hydroxyl groups is 1. The molecule has 0 bridgehead atoms. The van der Waals surface area contributed by atoms with Crippen LogP contribution in [-0.4, -0.2) is 62.1 Å². The molecule has 184 valence electrons. The summed E-state index contributed by atoms with van der Waals surface area (Å²) in [5.74, 6) is 0.191. The van der Waals surface area contributed by atoms with E-state index in [1.807, 2.05) is 0 Å². The number of pyridine rings is 1. The van der Waals surface area contributed by atoms with Crippen molar-refractivity contribution >= 4 is 46.0 Å². The minimum Gasteiger partial charge on any atom is -0.394 e. The first kappa shape index (κ1) is 23.9. The summed E-state index contributed by atoms with van der Waals surface area (Å²) >= 11 is 6.45. The second-order valence-corrected chi connectivity index (χ2v) is 8.80. The number of benzene rings is 1. The van der Waals surface area contributed by atoms with Crippen molar-refractivity contribution in [1.29, 1.82) is 0 Å². The van der Waals surface area contributed by atoms with Crippen LogP contribution in [0.2, 0.25) is 5.02 Å². The van der Waals surface area contributed by atoms with Crippen molar-refractivity contribution < 1.29 is 19.4 Å². The van der Waals surface area contributed by atoms with Crippen molar-refractivity contribution in [3.63, 3.8) is 0 Å². The van der Waals surface area contributed by atoms with Gasteiger partial charge in [0.1, 0.15) is 23.6 Å². The molecule has 1 saturated heterocycles. The predicted octanol–water partition coefficient (Wildman–Crippen LogP) is 3.44. The largest absolute Gasteiger partial charge is 0.394 e. The van der Waals surface area contributed by atoms with Gasteiger partial charge in [0, 0.05) is 23.5 Å². The van der Waals surface area contributed by atoms with E-state index in [1.54, 1.807) is 36.7 Å². The summed E-state index contributed by atoms with van der Waals surface area (Å²) in [5.41, 5.74) is 1.40. The Morgan fingerprint density at radius 1 is 1.14 bits per heavy atom. The van der Waals surface area contributed by atoms with Gasteiger partial charge in [-0.25, -0.2) is 15.0 Å². The van der Waals surface area contributed by atoms with Gasteiger partial charge in [0.25, 0.3) is 5.91 Å². The van der Waals surface area contributed by atoms with Crippen LogP contribution in [0.3, 0.4) is 0 Å². The number of rotatable bonds is 7. The molecule has 11 heteroatoms. The Morgan fingerprint density at radius 2 is 2.03 bits per heavy atom. The maximum Gasteiger partial charge on any atom is 0.256 e. The second kappa shape index (κ2) is 10.4. The number of hydrogen-bond acceptors (Lipinski definition) is 8. The zero-order valence-electron chi connectivity index (χ0n) is 19.1. The lowest BCUT2D eigenvalue weighted by atomic mass is 10.0. The molecule has 4 N–H and O–H groups in total. The molecular weight excluding hydrogens is 484 g/mol. The van der Waals surface area contributed by atoms with E-state index in [1.165, 1.54) is 18.5 Å². The van der Waals surface area contributed by atoms with Crippen LogP contribution >= 0.6 is 11.6 Å². The summed E-state index contributed by atoms with van der Waals surface area (Å²) in [7, 11) is 0. The Morgan fingerprint density at radius 3 is 2.75 bits per heavy atom. The lowest BCUT2D eigenvalue weighted by Gasteiger charge is -2.29. The van der Waals surface area contributed by atoms with E-state index in [0.717, 1.165) is 12.8 Å². The van der Waals surface area contributed by atoms with Crippen LogP contribution in [0.1, 0.15) is 39.1 Å². The molecule has 0 radical (unpaired) electrons. The quantitative estimate of drug-likeness (QED) is 0.279. The van der Waals surface area contributed by atoms with Crippen molar-refractivity contribution in [2.45, 2.75) is 25.0 Å². The highest BCUT2D eigenvalue weighted by molar-refractivity contribution is 6.36. The van der Waals surface area contributed by atoms with Gasteiger partial charge in [-0.2, -0.15) is 0 Å². The van der Waals surface area contributed by atoms with Crippen molar-refractivity contribution in [2.24, 2.45) is 0 Å². The van der Waals surface area contributed by atoms with Gasteiger partial charge in [-0.05, 0) is 43.2 Å². The molecule has 4 aromatic rings. The zero-order chi connectivity index (χ0) is 25.1. The molecule has 0 unspecified atom stereocenters. The van der Waals surface area contributed by atoms with Gasteiger partial charge >= 0.3 is 0 Å². The third-order valence-corrected chi connectivity index (χ3v) is 6.32. The number of nitrogens with one attached hydrogen (secondary N) is 3. The second-order valence-electron chi connectivity index (χ2n) is 8.40. The first-order valence-corrected chi connectivity index (χ1v) is 11.8. The highest BCUT2D eigenvalue weighted by Crippen LogP contribution is 2.29. The van der Waals surface area contributed by atoms with Crippen LogP contribution < -0.4 is 10.6 Å². The molecular formula is C25H23ClN6O4. The van der Waals surface area contributed by atoms with E-state index in [2.05, 4.69) is 30.6 Å². The van der Waals surface area contributed by atoms with Crippen LogP contribution in [-0.2, 0) is 4.74 Å². The first-order valence-electron chi connectivity index (χ1n) is 11.4. The van der Waals surface area contributed by atoms with E-state index in [-0.39, 0.29) is 41.0 Å². The average molecular weight is 507 g/mol. The fourth-order valence-corrected chi connectivity index (χ4v) is 4.39. The van der Waals surface area contributed by atoms with Crippen LogP contribution in [0.4, 0.5) is 11.6 Å². The van der Waals surface area contributed by atoms with Gasteiger partial charge in [-0.1, -0.05) is 17.7 Å². The molecule has 1 aromatic carbocycles. The Bertz CT molecular complexity index is 1400. The number of amides is 1. The summed E-state index contributed by atoms with van der Waals surface area (Å²) in [4.78, 5) is 41.8. The van der Waals surface area contributed by atoms with Crippen molar-refractivity contribution in [3.8, 4) is 0 Å². The van der Waals surface area contributed by atoms with Gasteiger partial charge in [0.2, 0.25) is 0 Å². The fourth-order valence-electron chi connectivity index (χ4n) is 4.12. The lowest BCUT2D eigenvalue weighted by Crippen LogP contribution is -2.36. The minimum atomic E-state index is -0.389. The number of ether oxygens (including phenoxy) is 1. The SMILES string of the molecule is O=C(Nc1ccccn1)c1ccc(C(=O)c2c[nH]c3ncnc(N[C@@H]4CC[C@@H](CO)OC4)c23)c(Cl)c1. The summed E-state index contributed by atoms with van der Waals surface area (Å²) in [6, 6.07) is 9.68. The third-order valence-electron chi connectivity index (χ3n) is 6.01. The fraction of sp³-hybridized carbons (Fsp3) is 0.240. The molecule has 1 amide bonds. The minimum absolute atomic E-state index is 0.00864. The molecule has 4 heterocycles. The molecule has 36 heavy (non-hydrogen) atoms. The van der Waals surface area contributed by atoms with Crippen LogP contribution in [0, 0.1) is 0 Å². The molecule has 0 aliphatic carbocycles. The van der Waals surface area contributed by atoms with E-state index in [0.29, 0.717) is 40.4 Å². The number of aliphatic hydroxyl groups excluding tert-OH is 1. The molecule has 1 fully saturated rings. The smallest absolute Gasteiger partial charge is 0.256 e. The van der Waals surface area contributed by atoms with Crippen LogP contribution in [0.25, 0.3) is 11.0 Å². The van der Waals surface area contributed by atoms with Crippen molar-refractivity contribution in [2.75, 3.05) is 23.8 Å². The molecule has 3 aromatic heterocycles. The number of carbonyl (C=O) groups is 2. The lowest BCUT2D eigenvalue weighted by molar-refractivity contribution is -0.0224. The van der Waals surface area contributed by atoms with E-state index >= 15 is 0 Å². The zero-order valence-corrected chi connectivity index (χ0v) is 19.8. The Balaban J connectivity index is 1.38. The number of carbonyl (C=O) groups excluding carboxylic acids is 2. The van der Waals surface area contributed by atoms with Gasteiger partial charge in [0.05, 0.1) is 41.3 Å². The van der Waals surface area contributed by atoms with Gasteiger partial charge < -0.3 is 25.5 Å². The monoisotopic (exact) mass is 506 g/mol. The first-order chi connectivity index (χ1) is 17.5. The predicted molar refractivity (Wildman–Crippen MR) is 134 cm³/mol. The highest BCUT2D eigenvalue weighted by Gasteiger charge is 2.25. The van der Waals surface area contributed by atoms with E-state index < -0.39 is 0 Å². The van der Waals surface area contributed by atoms with Crippen LogP contribution in [0.15, 0.2) is 55.1 Å². The molecule has 0 spiro atoms. The van der Waals surface area contributed by atoms with Gasteiger partial charge in [-0.15, -0.1) is 0 Å². The summed E-state index contributed by atoms with van der Waals surface area (Å²) in [6.07, 6.45) is 5.91. The standard InChI is InChI=1S/C25H23ClN6O4/c26-19-9-14(25(35)32-20-3-1-2-8-27-20)4-7-17(19)22(34)18-10-28-23-21(18)24(30-13-29-23)31-15-5-6-16(11-33)36-12-15/h1-4,7-10,13,15-16,33H,5-6,11-12H2,(H,27,32,35)(H2,28,29,30,31)/t15-,16+/m1/s1. The number of aromatic amines is 1. The molecule has 5 rings (SSSR count). The number of fused-ring (bicyclic) bond motifs is 1. The Hall–Kier alpha value is -3.86. The maximum absolute atomic E-state index is 13.5. The number of aromatic nitrogens is 4. The van der Waals surface area contributed by atoms with E-state index in [4.69, 9.17) is 16.3 Å². The summed E-state index contributed by atoms with van der Waals surface area (Å²) in [6.45, 7) is 0.406. The van der Waals surface area contributed by atoms with Crippen molar-refractivity contribution in [3.05, 3.63) is 76.8 Å². The van der Waals surface area contributed by atoms with E-state index in [9.17, 15) is 14.7 Å². The summed E-state index contributed by atoms with van der Waals surface area (Å²) < 4.78 is 5.65. The summed E-state index contributed by atoms with van der Waals surface area (Å²) in [5, 5.41) is 16.0. The number of anilines is 2. The number of nitrogens with zero attached hydrogens (tertiary/aromatic N) is 3. The topological polar surface area (TPSA) is 142 Å². The number of H-pyrrole nitrogens is 1. The van der Waals surface area contributed by atoms with Gasteiger partial charge in [-0.3, -0.25) is 9.59 Å². The van der Waals surface area contributed by atoms with Crippen molar-refractivity contribution in [1.82, 2.24) is 19.9 Å². The Labute approximate surface area is 211 Å². The highest BCUT2D eigenvalue weighted by atomic mass is 35.5. The maximum atomic E-state index is 13.5. The van der Waals surface area contributed by atoms with Gasteiger partial charge in [0.15, 0.2) is 5.78 Å².